The van der Waals surface area contributed by atoms with Crippen LogP contribution in [0.1, 0.15) is 23.5 Å². The molecule has 0 heteroatoms. The molecule has 0 nitrogen and oxygen atoms in total. The second kappa shape index (κ2) is 9.89. The molecule has 8 aromatic carbocycles. The summed E-state index contributed by atoms with van der Waals surface area (Å²) in [6, 6.07) is 53.9. The molecule has 0 amide bonds. The van der Waals surface area contributed by atoms with E-state index in [1.165, 1.54) is 93.2 Å². The van der Waals surface area contributed by atoms with Crippen molar-refractivity contribution in [1.82, 2.24) is 0 Å². The third-order valence-electron chi connectivity index (χ3n) is 10.3. The van der Waals surface area contributed by atoms with Crippen LogP contribution < -0.4 is 0 Å². The summed E-state index contributed by atoms with van der Waals surface area (Å²) >= 11 is 0. The van der Waals surface area contributed by atoms with Crippen LogP contribution in [0.2, 0.25) is 0 Å². The lowest BCUT2D eigenvalue weighted by molar-refractivity contribution is 0.873. The van der Waals surface area contributed by atoms with Crippen LogP contribution in [0.4, 0.5) is 0 Å². The number of benzene rings is 8. The van der Waals surface area contributed by atoms with Crippen LogP contribution in [0.3, 0.4) is 0 Å². The summed E-state index contributed by atoms with van der Waals surface area (Å²) in [6.45, 7) is 0. The Morgan fingerprint density at radius 3 is 1.74 bits per heavy atom. The molecule has 2 aliphatic rings. The van der Waals surface area contributed by atoms with Gasteiger partial charge in [0, 0.05) is 5.92 Å². The first-order chi connectivity index (χ1) is 22.8. The van der Waals surface area contributed by atoms with E-state index in [1.54, 1.807) is 0 Å². The van der Waals surface area contributed by atoms with E-state index in [2.05, 4.69) is 164 Å². The van der Waals surface area contributed by atoms with Gasteiger partial charge in [-0.15, -0.1) is 0 Å². The van der Waals surface area contributed by atoms with Crippen molar-refractivity contribution in [2.45, 2.75) is 12.3 Å². The number of rotatable bonds is 3. The minimum atomic E-state index is 0.297. The normalized spacial score (nSPS) is 15.1. The van der Waals surface area contributed by atoms with Gasteiger partial charge in [0.05, 0.1) is 0 Å². The first-order valence-corrected chi connectivity index (χ1v) is 16.3. The van der Waals surface area contributed by atoms with Crippen molar-refractivity contribution in [2.75, 3.05) is 0 Å². The maximum absolute atomic E-state index is 2.47. The average Bonchev–Trinajstić information content (AvgIpc) is 3.45. The highest BCUT2D eigenvalue weighted by atomic mass is 14.3. The summed E-state index contributed by atoms with van der Waals surface area (Å²) in [7, 11) is 0. The zero-order valence-corrected chi connectivity index (χ0v) is 25.4. The Morgan fingerprint density at radius 2 is 1.02 bits per heavy atom. The van der Waals surface area contributed by atoms with Gasteiger partial charge in [0.15, 0.2) is 0 Å². The summed E-state index contributed by atoms with van der Waals surface area (Å²) in [5.74, 6) is 0.297. The van der Waals surface area contributed by atoms with Crippen LogP contribution in [0, 0.1) is 0 Å². The van der Waals surface area contributed by atoms with Gasteiger partial charge >= 0.3 is 0 Å². The zero-order chi connectivity index (χ0) is 30.2. The van der Waals surface area contributed by atoms with E-state index in [1.807, 2.05) is 0 Å². The van der Waals surface area contributed by atoms with Crippen LogP contribution in [0.25, 0.3) is 82.0 Å². The van der Waals surface area contributed by atoms with Crippen molar-refractivity contribution in [2.24, 2.45) is 0 Å². The Bertz CT molecular complexity index is 2530. The molecule has 0 bridgehead atoms. The predicted octanol–water partition coefficient (Wildman–Crippen LogP) is 12.7. The number of hydrogen-bond acceptors (Lipinski definition) is 0. The molecule has 0 N–H and O–H groups in total. The monoisotopic (exact) mass is 582 g/mol. The summed E-state index contributed by atoms with van der Waals surface area (Å²) < 4.78 is 0. The summed E-state index contributed by atoms with van der Waals surface area (Å²) in [6.07, 6.45) is 8.27. The molecule has 1 atom stereocenters. The quantitative estimate of drug-likeness (QED) is 0.182. The molecule has 46 heavy (non-hydrogen) atoms. The fraction of sp³-hybridized carbons (Fsp3) is 0.0435. The molecule has 0 aromatic heterocycles. The highest BCUT2D eigenvalue weighted by Gasteiger charge is 2.24. The van der Waals surface area contributed by atoms with Gasteiger partial charge in [-0.05, 0) is 106 Å². The Morgan fingerprint density at radius 1 is 0.435 bits per heavy atom. The maximum atomic E-state index is 2.47. The SMILES string of the molecule is C1=CC(c2c3ccccc3c(-c3ccc4ccccc4c3)c3ccccc23)CC=C1c1ccc2c3c(cccc13)-c1ccccc1-2. The van der Waals surface area contributed by atoms with Crippen molar-refractivity contribution in [3.05, 3.63) is 175 Å². The van der Waals surface area contributed by atoms with Gasteiger partial charge in [-0.3, -0.25) is 0 Å². The summed E-state index contributed by atoms with van der Waals surface area (Å²) in [5.41, 5.74) is 12.1. The molecule has 8 aromatic rings. The van der Waals surface area contributed by atoms with Crippen LogP contribution in [0.15, 0.2) is 164 Å². The Balaban J connectivity index is 1.10. The van der Waals surface area contributed by atoms with Crippen molar-refractivity contribution in [3.8, 4) is 33.4 Å². The van der Waals surface area contributed by atoms with Gasteiger partial charge in [-0.1, -0.05) is 158 Å². The topological polar surface area (TPSA) is 0 Å². The van der Waals surface area contributed by atoms with Gasteiger partial charge in [-0.2, -0.15) is 0 Å². The van der Waals surface area contributed by atoms with Gasteiger partial charge in [0.25, 0.3) is 0 Å². The van der Waals surface area contributed by atoms with Gasteiger partial charge < -0.3 is 0 Å². The first-order valence-electron chi connectivity index (χ1n) is 16.3. The predicted molar refractivity (Wildman–Crippen MR) is 197 cm³/mol. The van der Waals surface area contributed by atoms with Crippen molar-refractivity contribution >= 4 is 48.7 Å². The Hall–Kier alpha value is -5.72. The van der Waals surface area contributed by atoms with Crippen LogP contribution in [-0.4, -0.2) is 0 Å². The van der Waals surface area contributed by atoms with E-state index < -0.39 is 0 Å². The minimum absolute atomic E-state index is 0.297. The molecule has 0 aliphatic heterocycles. The van der Waals surface area contributed by atoms with Gasteiger partial charge in [0.2, 0.25) is 0 Å². The number of fused-ring (bicyclic) bond motifs is 6. The summed E-state index contributed by atoms with van der Waals surface area (Å²) in [4.78, 5) is 0. The fourth-order valence-electron chi connectivity index (χ4n) is 8.31. The molecule has 2 aliphatic carbocycles. The van der Waals surface area contributed by atoms with Crippen molar-refractivity contribution in [1.29, 1.82) is 0 Å². The standard InChI is InChI=1S/C46H30/c1-2-11-32-28-33(25-20-29(32)10-1)45-41-16-7-5-14-39(41)44(40-15-6-8-17-42(40)45)31-23-21-30(22-24-31)34-26-27-43-36-13-4-3-12-35(36)38-19-9-18-37(34)46(38)43/h1-23,25-28,31H,24H2. The molecule has 10 rings (SSSR count). The molecular formula is C46H30. The number of allylic oxidation sites excluding steroid dienone is 4. The second-order valence-corrected chi connectivity index (χ2v) is 12.7. The van der Waals surface area contributed by atoms with Crippen LogP contribution in [0.5, 0.6) is 0 Å². The maximum Gasteiger partial charge on any atom is 0.00684 e. The van der Waals surface area contributed by atoms with Crippen molar-refractivity contribution < 1.29 is 0 Å². The van der Waals surface area contributed by atoms with Crippen molar-refractivity contribution in [3.63, 3.8) is 0 Å². The third kappa shape index (κ3) is 3.68. The Kier molecular flexibility index (Phi) is 5.50. The molecule has 0 radical (unpaired) electrons. The average molecular weight is 583 g/mol. The molecule has 0 saturated carbocycles. The second-order valence-electron chi connectivity index (χ2n) is 12.7. The molecule has 0 fully saturated rings. The molecular weight excluding hydrogens is 553 g/mol. The highest BCUT2D eigenvalue weighted by molar-refractivity contribution is 6.18. The fourth-order valence-corrected chi connectivity index (χ4v) is 8.31. The van der Waals surface area contributed by atoms with Crippen LogP contribution >= 0.6 is 0 Å². The highest BCUT2D eigenvalue weighted by Crippen LogP contribution is 2.50. The van der Waals surface area contributed by atoms with E-state index in [4.69, 9.17) is 0 Å². The van der Waals surface area contributed by atoms with E-state index in [0.29, 0.717) is 5.92 Å². The lowest BCUT2D eigenvalue weighted by atomic mass is 9.80. The molecule has 0 spiro atoms. The zero-order valence-electron chi connectivity index (χ0n) is 25.4. The Labute approximate surface area is 268 Å². The molecule has 0 saturated heterocycles. The van der Waals surface area contributed by atoms with E-state index >= 15 is 0 Å². The third-order valence-corrected chi connectivity index (χ3v) is 10.3. The van der Waals surface area contributed by atoms with E-state index in [-0.39, 0.29) is 0 Å². The smallest absolute Gasteiger partial charge is 0.00684 e. The van der Waals surface area contributed by atoms with E-state index in [0.717, 1.165) is 6.42 Å². The minimum Gasteiger partial charge on any atom is -0.0760 e. The van der Waals surface area contributed by atoms with Gasteiger partial charge in [-0.25, -0.2) is 0 Å². The van der Waals surface area contributed by atoms with Gasteiger partial charge in [0.1, 0.15) is 0 Å². The lowest BCUT2D eigenvalue weighted by Gasteiger charge is -2.24. The lowest BCUT2D eigenvalue weighted by Crippen LogP contribution is -2.02. The summed E-state index contributed by atoms with van der Waals surface area (Å²) in [5, 5.41) is 10.6. The molecule has 0 heterocycles. The molecule has 214 valence electrons. The first kappa shape index (κ1) is 25.6. The number of hydrogen-bond donors (Lipinski definition) is 0. The van der Waals surface area contributed by atoms with E-state index in [9.17, 15) is 0 Å². The largest absolute Gasteiger partial charge is 0.0760 e. The van der Waals surface area contributed by atoms with Crippen LogP contribution in [-0.2, 0) is 0 Å². The molecule has 1 unspecified atom stereocenters.